The van der Waals surface area contributed by atoms with Crippen LogP contribution in [0.2, 0.25) is 0 Å². The van der Waals surface area contributed by atoms with Gasteiger partial charge in [-0.05, 0) is 43.7 Å². The number of thioether (sulfide) groups is 1. The second kappa shape index (κ2) is 5.50. The molecule has 1 unspecified atom stereocenters. The summed E-state index contributed by atoms with van der Waals surface area (Å²) in [5, 5.41) is 2.82. The molecular weight excluding hydrogens is 266 g/mol. The van der Waals surface area contributed by atoms with Gasteiger partial charge in [-0.15, -0.1) is 0 Å². The van der Waals surface area contributed by atoms with Gasteiger partial charge >= 0.3 is 0 Å². The maximum Gasteiger partial charge on any atom is 0.0614 e. The van der Waals surface area contributed by atoms with Crippen molar-refractivity contribution in [2.75, 3.05) is 12.2 Å². The minimum Gasteiger partial charge on any atom is -0.305 e. The van der Waals surface area contributed by atoms with Gasteiger partial charge in [0.1, 0.15) is 0 Å². The zero-order chi connectivity index (χ0) is 14.1. The number of hydrogen-bond donors (Lipinski definition) is 0. The maximum atomic E-state index is 6.54. The van der Waals surface area contributed by atoms with Crippen LogP contribution in [-0.4, -0.2) is 24.9 Å². The van der Waals surface area contributed by atoms with Gasteiger partial charge in [-0.3, -0.25) is 0 Å². The van der Waals surface area contributed by atoms with E-state index in [0.717, 1.165) is 5.49 Å². The van der Waals surface area contributed by atoms with E-state index in [2.05, 4.69) is 69.9 Å². The highest BCUT2D eigenvalue weighted by atomic mass is 32.2. The molecule has 99 valence electrons. The number of fused-ring (bicyclic) bond motifs is 1. The first-order chi connectivity index (χ1) is 8.79. The maximum absolute atomic E-state index is 6.54. The Bertz CT molecular complexity index is 572. The third-order valence-electron chi connectivity index (χ3n) is 3.75. The summed E-state index contributed by atoms with van der Waals surface area (Å²) in [6.45, 7) is 9.01. The lowest BCUT2D eigenvalue weighted by atomic mass is 10.1. The van der Waals surface area contributed by atoms with Crippen LogP contribution in [0.5, 0.6) is 0 Å². The van der Waals surface area contributed by atoms with Crippen molar-refractivity contribution in [3.05, 3.63) is 42.5 Å². The summed E-state index contributed by atoms with van der Waals surface area (Å²) in [6.07, 6.45) is 0. The molecule has 0 spiro atoms. The minimum absolute atomic E-state index is 0.219. The van der Waals surface area contributed by atoms with Gasteiger partial charge in [-0.2, -0.15) is 0 Å². The summed E-state index contributed by atoms with van der Waals surface area (Å²) in [6, 6.07) is 15.2. The summed E-state index contributed by atoms with van der Waals surface area (Å²) >= 11 is 1.89. The highest BCUT2D eigenvalue weighted by Gasteiger charge is 2.28. The van der Waals surface area contributed by atoms with Gasteiger partial charge in [-0.1, -0.05) is 42.1 Å². The first kappa shape index (κ1) is 14.9. The van der Waals surface area contributed by atoms with Crippen molar-refractivity contribution in [2.24, 2.45) is 0 Å². The third-order valence-corrected chi connectivity index (χ3v) is 10.1. The molecule has 0 aliphatic carbocycles. The summed E-state index contributed by atoms with van der Waals surface area (Å²) < 4.78 is 0. The Labute approximate surface area is 123 Å². The Balaban J connectivity index is 2.14. The average Bonchev–Trinajstić information content (AvgIpc) is 2.35. The van der Waals surface area contributed by atoms with Crippen molar-refractivity contribution in [2.45, 2.75) is 30.8 Å². The molecule has 0 fully saturated rings. The highest BCUT2D eigenvalue weighted by Crippen LogP contribution is 2.64. The van der Waals surface area contributed by atoms with E-state index in [4.69, 9.17) is 7.57 Å². The van der Waals surface area contributed by atoms with E-state index in [9.17, 15) is 0 Å². The molecule has 0 aliphatic heterocycles. The molecule has 0 nitrogen and oxygen atoms in total. The Morgan fingerprint density at radius 1 is 1.05 bits per heavy atom. The second-order valence-corrected chi connectivity index (χ2v) is 11.9. The molecule has 0 aliphatic rings. The third kappa shape index (κ3) is 3.55. The number of hydrogen-bond acceptors (Lipinski definition) is 1. The molecule has 0 bridgehead atoms. The van der Waals surface area contributed by atoms with Crippen LogP contribution >= 0.6 is 18.9 Å². The largest absolute Gasteiger partial charge is 0.305 e. The quantitative estimate of drug-likeness (QED) is 0.412. The zero-order valence-electron chi connectivity index (χ0n) is 12.2. The van der Waals surface area contributed by atoms with E-state index >= 15 is 0 Å². The fourth-order valence-corrected chi connectivity index (χ4v) is 5.25. The van der Waals surface area contributed by atoms with Crippen LogP contribution in [0.3, 0.4) is 0 Å². The predicted octanol–water partition coefficient (Wildman–Crippen LogP) is 5.42. The first-order valence-electron chi connectivity index (χ1n) is 6.55. The molecule has 0 heterocycles. The Hall–Kier alpha value is -0.455. The molecule has 0 saturated carbocycles. The second-order valence-electron chi connectivity index (χ2n) is 6.22. The van der Waals surface area contributed by atoms with E-state index in [1.165, 1.54) is 15.7 Å². The molecule has 3 radical (unpaired) electrons. The lowest BCUT2D eigenvalue weighted by Crippen LogP contribution is -2.20. The topological polar surface area (TPSA) is 0 Å². The molecular formula is C16H21BPS. The zero-order valence-corrected chi connectivity index (χ0v) is 13.9. The van der Waals surface area contributed by atoms with Gasteiger partial charge in [0.25, 0.3) is 0 Å². The van der Waals surface area contributed by atoms with Crippen molar-refractivity contribution in [1.29, 1.82) is 0 Å². The molecule has 19 heavy (non-hydrogen) atoms. The van der Waals surface area contributed by atoms with Gasteiger partial charge < -0.3 is 7.57 Å². The Kier molecular flexibility index (Phi) is 4.33. The molecule has 0 N–H and O–H groups in total. The van der Waals surface area contributed by atoms with Gasteiger partial charge in [0.2, 0.25) is 0 Å². The van der Waals surface area contributed by atoms with Gasteiger partial charge in [0, 0.05) is 16.7 Å². The van der Waals surface area contributed by atoms with Crippen molar-refractivity contribution in [3.63, 3.8) is 0 Å². The minimum atomic E-state index is -1.39. The molecule has 0 aromatic heterocycles. The van der Waals surface area contributed by atoms with Crippen LogP contribution < -0.4 is 0 Å². The smallest absolute Gasteiger partial charge is 0.0614 e. The first-order valence-corrected chi connectivity index (χ1v) is 10.0. The van der Waals surface area contributed by atoms with Crippen molar-refractivity contribution in [1.82, 2.24) is 0 Å². The van der Waals surface area contributed by atoms with E-state index in [1.54, 1.807) is 0 Å². The number of rotatable bonds is 3. The van der Waals surface area contributed by atoms with Crippen molar-refractivity contribution in [3.8, 4) is 0 Å². The molecule has 0 saturated heterocycles. The van der Waals surface area contributed by atoms with Crippen LogP contribution in [0.25, 0.3) is 10.8 Å². The van der Waals surface area contributed by atoms with Crippen molar-refractivity contribution >= 4 is 37.2 Å². The fourth-order valence-electron chi connectivity index (χ4n) is 1.66. The Morgan fingerprint density at radius 3 is 2.32 bits per heavy atom. The number of benzene rings is 2. The van der Waals surface area contributed by atoms with Crippen LogP contribution in [0.1, 0.15) is 20.8 Å². The monoisotopic (exact) mass is 287 g/mol. The standard InChI is InChI=1S/C16H21BPS/c1-16(2,3)18(4,17)12-19-15-10-9-13-7-5-6-8-14(13)11-15/h5-11H,12H2,1-4H3. The molecule has 2 aromatic rings. The van der Waals surface area contributed by atoms with E-state index in [1.807, 2.05) is 11.8 Å². The predicted molar refractivity (Wildman–Crippen MR) is 93.0 cm³/mol. The van der Waals surface area contributed by atoms with Gasteiger partial charge in [0.15, 0.2) is 0 Å². The van der Waals surface area contributed by atoms with Crippen LogP contribution in [0.4, 0.5) is 0 Å². The lowest BCUT2D eigenvalue weighted by molar-refractivity contribution is 0.784. The van der Waals surface area contributed by atoms with E-state index in [0.29, 0.717) is 0 Å². The van der Waals surface area contributed by atoms with Gasteiger partial charge in [-0.25, -0.2) is 7.14 Å². The molecule has 2 rings (SSSR count). The van der Waals surface area contributed by atoms with E-state index < -0.39 is 7.14 Å². The van der Waals surface area contributed by atoms with Crippen LogP contribution in [0, 0.1) is 0 Å². The molecule has 0 amide bonds. The fraction of sp³-hybridized carbons (Fsp3) is 0.375. The van der Waals surface area contributed by atoms with E-state index in [-0.39, 0.29) is 5.16 Å². The van der Waals surface area contributed by atoms with Gasteiger partial charge in [0.05, 0.1) is 5.49 Å². The summed E-state index contributed by atoms with van der Waals surface area (Å²) in [7, 11) is 5.16. The van der Waals surface area contributed by atoms with Crippen LogP contribution in [0.15, 0.2) is 47.4 Å². The lowest BCUT2D eigenvalue weighted by Gasteiger charge is -2.44. The normalized spacial score (nSPS) is 15.4. The summed E-state index contributed by atoms with van der Waals surface area (Å²) in [4.78, 5) is 1.32. The molecule has 2 aromatic carbocycles. The average molecular weight is 287 g/mol. The Morgan fingerprint density at radius 2 is 1.68 bits per heavy atom. The molecule has 3 heteroatoms. The summed E-state index contributed by atoms with van der Waals surface area (Å²) in [5.74, 6) is 0. The summed E-state index contributed by atoms with van der Waals surface area (Å²) in [5.41, 5.74) is 1.04. The molecule has 1 atom stereocenters. The van der Waals surface area contributed by atoms with Crippen LogP contribution in [-0.2, 0) is 0 Å². The highest BCUT2D eigenvalue weighted by molar-refractivity contribution is 8.13. The SMILES string of the molecule is [B-][P+](C)(CSc1ccc2ccccc2c1)C(C)(C)C. The van der Waals surface area contributed by atoms with Crippen molar-refractivity contribution < 1.29 is 0 Å².